The number of ether oxygens (including phenoxy) is 1. The minimum Gasteiger partial charge on any atom is -0.495 e. The molecule has 0 saturated heterocycles. The van der Waals surface area contributed by atoms with Gasteiger partial charge in [0.2, 0.25) is 11.8 Å². The van der Waals surface area contributed by atoms with Gasteiger partial charge in [-0.3, -0.25) is 4.79 Å². The summed E-state index contributed by atoms with van der Waals surface area (Å²) < 4.78 is 12.6. The third-order valence-corrected chi connectivity index (χ3v) is 5.97. The molecule has 0 aliphatic heterocycles. The number of thioether (sulfide) groups is 1. The highest BCUT2D eigenvalue weighted by molar-refractivity contribution is 8.00. The molecule has 0 radical (unpaired) electrons. The van der Waals surface area contributed by atoms with Crippen LogP contribution in [0.25, 0.3) is 10.2 Å². The second-order valence-electron chi connectivity index (χ2n) is 5.77. The van der Waals surface area contributed by atoms with E-state index >= 15 is 0 Å². The first-order valence-corrected chi connectivity index (χ1v) is 10.2. The van der Waals surface area contributed by atoms with Crippen molar-refractivity contribution in [1.29, 1.82) is 0 Å². The fourth-order valence-corrected chi connectivity index (χ4v) is 4.45. The average molecular weight is 412 g/mol. The number of nitrogens with one attached hydrogen (secondary N) is 1. The third kappa shape index (κ3) is 4.32. The number of aromatic nitrogens is 3. The number of methoxy groups -OCH3 is 1. The highest BCUT2D eigenvalue weighted by Gasteiger charge is 2.14. The van der Waals surface area contributed by atoms with E-state index in [9.17, 15) is 4.79 Å². The van der Waals surface area contributed by atoms with Crippen LogP contribution in [-0.4, -0.2) is 28.1 Å². The van der Waals surface area contributed by atoms with Gasteiger partial charge in [-0.2, -0.15) is 4.98 Å². The summed E-state index contributed by atoms with van der Waals surface area (Å²) in [6.07, 6.45) is 0.0212. The second-order valence-corrected chi connectivity index (χ2v) is 8.02. The lowest BCUT2D eigenvalue weighted by Gasteiger charge is -2.08. The van der Waals surface area contributed by atoms with Gasteiger partial charge in [0.05, 0.1) is 35.2 Å². The number of carbonyl (C=O) groups is 1. The van der Waals surface area contributed by atoms with Gasteiger partial charge in [-0.25, -0.2) is 4.98 Å². The van der Waals surface area contributed by atoms with E-state index in [1.54, 1.807) is 30.6 Å². The lowest BCUT2D eigenvalue weighted by atomic mass is 10.2. The van der Waals surface area contributed by atoms with E-state index in [0.29, 0.717) is 28.9 Å². The molecule has 1 amide bonds. The van der Waals surface area contributed by atoms with Crippen LogP contribution in [0.2, 0.25) is 0 Å². The van der Waals surface area contributed by atoms with E-state index in [1.165, 1.54) is 11.8 Å². The standard InChI is InChI=1S/C19H16N4O3S2/c1-25-14-8-4-2-6-12(14)20-17(24)10-16-22-18(26-23-16)11-27-19-21-13-7-3-5-9-15(13)28-19/h2-9H,10-11H2,1H3,(H,20,24). The average Bonchev–Trinajstić information content (AvgIpc) is 3.32. The predicted molar refractivity (Wildman–Crippen MR) is 109 cm³/mol. The zero-order valence-corrected chi connectivity index (χ0v) is 16.5. The molecule has 0 fully saturated rings. The van der Waals surface area contributed by atoms with Crippen LogP contribution in [0.3, 0.4) is 0 Å². The maximum absolute atomic E-state index is 12.2. The van der Waals surface area contributed by atoms with Crippen molar-refractivity contribution >= 4 is 44.9 Å². The summed E-state index contributed by atoms with van der Waals surface area (Å²) in [4.78, 5) is 21.1. The monoisotopic (exact) mass is 412 g/mol. The molecule has 0 atom stereocenters. The Morgan fingerprint density at radius 3 is 2.86 bits per heavy atom. The van der Waals surface area contributed by atoms with Crippen LogP contribution in [0.4, 0.5) is 5.69 Å². The molecule has 9 heteroatoms. The van der Waals surface area contributed by atoms with Crippen LogP contribution in [0, 0.1) is 0 Å². The van der Waals surface area contributed by atoms with E-state index in [0.717, 1.165) is 14.6 Å². The number of thiazole rings is 1. The molecule has 0 aliphatic rings. The number of rotatable bonds is 7. The molecule has 0 unspecified atom stereocenters. The number of benzene rings is 2. The first kappa shape index (κ1) is 18.5. The molecule has 2 heterocycles. The molecule has 1 N–H and O–H groups in total. The molecule has 4 aromatic rings. The molecule has 0 spiro atoms. The molecule has 0 aliphatic carbocycles. The number of hydrogen-bond donors (Lipinski definition) is 1. The number of carbonyl (C=O) groups excluding carboxylic acids is 1. The highest BCUT2D eigenvalue weighted by atomic mass is 32.2. The summed E-state index contributed by atoms with van der Waals surface area (Å²) in [5.41, 5.74) is 1.58. The van der Waals surface area contributed by atoms with Gasteiger partial charge in [-0.1, -0.05) is 41.2 Å². The maximum atomic E-state index is 12.2. The first-order valence-electron chi connectivity index (χ1n) is 8.44. The summed E-state index contributed by atoms with van der Waals surface area (Å²) in [6.45, 7) is 0. The van der Waals surface area contributed by atoms with E-state index in [1.807, 2.05) is 36.4 Å². The van der Waals surface area contributed by atoms with Crippen molar-refractivity contribution in [2.45, 2.75) is 16.5 Å². The molecule has 2 aromatic heterocycles. The molecular formula is C19H16N4O3S2. The summed E-state index contributed by atoms with van der Waals surface area (Å²) in [5.74, 6) is 1.66. The minimum absolute atomic E-state index is 0.0212. The number of hydrogen-bond acceptors (Lipinski definition) is 8. The Hall–Kier alpha value is -2.91. The van der Waals surface area contributed by atoms with Crippen molar-refractivity contribution in [3.63, 3.8) is 0 Å². The van der Waals surface area contributed by atoms with Gasteiger partial charge in [0.15, 0.2) is 10.2 Å². The Morgan fingerprint density at radius 1 is 1.18 bits per heavy atom. The van der Waals surface area contributed by atoms with Crippen molar-refractivity contribution in [2.75, 3.05) is 12.4 Å². The predicted octanol–water partition coefficient (Wildman–Crippen LogP) is 4.16. The summed E-state index contributed by atoms with van der Waals surface area (Å²) in [5, 5.41) is 6.68. The van der Waals surface area contributed by atoms with Crippen molar-refractivity contribution in [3.8, 4) is 5.75 Å². The number of anilines is 1. The van der Waals surface area contributed by atoms with Crippen LogP contribution in [0.5, 0.6) is 5.75 Å². The van der Waals surface area contributed by atoms with Crippen LogP contribution >= 0.6 is 23.1 Å². The topological polar surface area (TPSA) is 90.1 Å². The highest BCUT2D eigenvalue weighted by Crippen LogP contribution is 2.31. The van der Waals surface area contributed by atoms with E-state index < -0.39 is 0 Å². The lowest BCUT2D eigenvalue weighted by Crippen LogP contribution is -2.15. The molecular weight excluding hydrogens is 396 g/mol. The van der Waals surface area contributed by atoms with Crippen LogP contribution in [-0.2, 0) is 17.0 Å². The van der Waals surface area contributed by atoms with E-state index in [4.69, 9.17) is 9.26 Å². The summed E-state index contributed by atoms with van der Waals surface area (Å²) in [6, 6.07) is 15.2. The smallest absolute Gasteiger partial charge is 0.237 e. The van der Waals surface area contributed by atoms with Crippen LogP contribution in [0.15, 0.2) is 57.4 Å². The maximum Gasteiger partial charge on any atom is 0.237 e. The SMILES string of the molecule is COc1ccccc1NC(=O)Cc1noc(CSc2nc3ccccc3s2)n1. The summed E-state index contributed by atoms with van der Waals surface area (Å²) >= 11 is 3.16. The number of nitrogens with zero attached hydrogens (tertiary/aromatic N) is 3. The van der Waals surface area contributed by atoms with E-state index in [-0.39, 0.29) is 12.3 Å². The zero-order valence-electron chi connectivity index (χ0n) is 14.9. The molecule has 28 heavy (non-hydrogen) atoms. The van der Waals surface area contributed by atoms with E-state index in [2.05, 4.69) is 20.4 Å². The Balaban J connectivity index is 1.34. The van der Waals surface area contributed by atoms with Crippen molar-refractivity contribution in [3.05, 3.63) is 60.2 Å². The normalized spacial score (nSPS) is 10.9. The van der Waals surface area contributed by atoms with Gasteiger partial charge in [-0.05, 0) is 24.3 Å². The summed E-state index contributed by atoms with van der Waals surface area (Å²) in [7, 11) is 1.56. The Labute approximate surface area is 169 Å². The van der Waals surface area contributed by atoms with Gasteiger partial charge in [-0.15, -0.1) is 11.3 Å². The Kier molecular flexibility index (Phi) is 5.54. The second kappa shape index (κ2) is 8.41. The molecule has 142 valence electrons. The lowest BCUT2D eigenvalue weighted by molar-refractivity contribution is -0.115. The fourth-order valence-electron chi connectivity index (χ4n) is 2.54. The molecule has 7 nitrogen and oxygen atoms in total. The number of amides is 1. The van der Waals surface area contributed by atoms with Gasteiger partial charge in [0, 0.05) is 0 Å². The van der Waals surface area contributed by atoms with Gasteiger partial charge >= 0.3 is 0 Å². The number of fused-ring (bicyclic) bond motifs is 1. The zero-order chi connectivity index (χ0) is 19.3. The molecule has 4 rings (SSSR count). The van der Waals surface area contributed by atoms with Crippen molar-refractivity contribution < 1.29 is 14.1 Å². The van der Waals surface area contributed by atoms with Gasteiger partial charge in [0.25, 0.3) is 0 Å². The van der Waals surface area contributed by atoms with Crippen molar-refractivity contribution in [2.24, 2.45) is 0 Å². The largest absolute Gasteiger partial charge is 0.495 e. The minimum atomic E-state index is -0.240. The van der Waals surface area contributed by atoms with Crippen LogP contribution in [0.1, 0.15) is 11.7 Å². The third-order valence-electron chi connectivity index (χ3n) is 3.80. The Morgan fingerprint density at radius 2 is 2.00 bits per heavy atom. The van der Waals surface area contributed by atoms with Crippen LogP contribution < -0.4 is 10.1 Å². The number of para-hydroxylation sites is 3. The van der Waals surface area contributed by atoms with Crippen molar-refractivity contribution in [1.82, 2.24) is 15.1 Å². The van der Waals surface area contributed by atoms with Gasteiger partial charge in [0.1, 0.15) is 5.75 Å². The Bertz CT molecular complexity index is 1080. The quantitative estimate of drug-likeness (QED) is 0.456. The molecule has 0 bridgehead atoms. The van der Waals surface area contributed by atoms with Gasteiger partial charge < -0.3 is 14.6 Å². The fraction of sp³-hybridized carbons (Fsp3) is 0.158. The molecule has 0 saturated carbocycles. The first-order chi connectivity index (χ1) is 13.7. The molecule has 2 aromatic carbocycles.